The van der Waals surface area contributed by atoms with E-state index in [1.165, 1.54) is 6.42 Å². The van der Waals surface area contributed by atoms with Crippen LogP contribution in [0.15, 0.2) is 0 Å². The van der Waals surface area contributed by atoms with Gasteiger partial charge in [0, 0.05) is 23.5 Å². The maximum atomic E-state index is 5.57. The zero-order chi connectivity index (χ0) is 7.40. The van der Waals surface area contributed by atoms with Crippen LogP contribution >= 0.6 is 23.4 Å². The maximum Gasteiger partial charge on any atom is 0.0666 e. The molecule has 0 spiro atoms. The van der Waals surface area contributed by atoms with Crippen molar-refractivity contribution in [1.82, 2.24) is 0 Å². The summed E-state index contributed by atoms with van der Waals surface area (Å²) in [5, 5.41) is 0.693. The maximum absolute atomic E-state index is 5.57. The fourth-order valence-corrected chi connectivity index (χ4v) is 2.40. The zero-order valence-electron chi connectivity index (χ0n) is 6.18. The molecule has 2 unspecified atom stereocenters. The minimum Gasteiger partial charge on any atom is -0.377 e. The highest BCUT2D eigenvalue weighted by Crippen LogP contribution is 2.25. The van der Waals surface area contributed by atoms with Gasteiger partial charge in [-0.15, -0.1) is 11.6 Å². The summed E-state index contributed by atoms with van der Waals surface area (Å²) in [5.41, 5.74) is 0. The van der Waals surface area contributed by atoms with Crippen molar-refractivity contribution in [2.75, 3.05) is 18.2 Å². The lowest BCUT2D eigenvalue weighted by Gasteiger charge is -2.11. The highest BCUT2D eigenvalue weighted by Gasteiger charge is 2.23. The highest BCUT2D eigenvalue weighted by molar-refractivity contribution is 8.00. The van der Waals surface area contributed by atoms with Crippen molar-refractivity contribution in [1.29, 1.82) is 0 Å². The van der Waals surface area contributed by atoms with Gasteiger partial charge in [-0.25, -0.2) is 0 Å². The summed E-state index contributed by atoms with van der Waals surface area (Å²) in [6.07, 6.45) is 1.64. The second-order valence-corrected chi connectivity index (χ2v) is 4.19. The number of alkyl halides is 1. The number of hydrogen-bond donors (Lipinski definition) is 0. The first kappa shape index (κ1) is 8.69. The van der Waals surface area contributed by atoms with Crippen LogP contribution in [0.4, 0.5) is 0 Å². The van der Waals surface area contributed by atoms with Crippen LogP contribution in [0, 0.1) is 0 Å². The lowest BCUT2D eigenvalue weighted by molar-refractivity contribution is 0.127. The SMILES string of the molecule is CC1OCCC1SCCCl. The van der Waals surface area contributed by atoms with Crippen molar-refractivity contribution in [2.45, 2.75) is 24.7 Å². The Morgan fingerprint density at radius 1 is 1.70 bits per heavy atom. The fraction of sp³-hybridized carbons (Fsp3) is 1.00. The summed E-state index contributed by atoms with van der Waals surface area (Å²) in [4.78, 5) is 0. The summed E-state index contributed by atoms with van der Waals surface area (Å²) in [5.74, 6) is 1.81. The molecule has 0 aromatic heterocycles. The number of ether oxygens (including phenoxy) is 1. The lowest BCUT2D eigenvalue weighted by atomic mass is 10.3. The molecule has 0 N–H and O–H groups in total. The van der Waals surface area contributed by atoms with E-state index in [2.05, 4.69) is 6.92 Å². The Kier molecular flexibility index (Phi) is 3.89. The molecule has 0 aromatic carbocycles. The smallest absolute Gasteiger partial charge is 0.0666 e. The van der Waals surface area contributed by atoms with E-state index in [0.717, 1.165) is 18.2 Å². The van der Waals surface area contributed by atoms with Crippen LogP contribution in [-0.2, 0) is 4.74 Å². The van der Waals surface area contributed by atoms with Gasteiger partial charge in [-0.3, -0.25) is 0 Å². The summed E-state index contributed by atoms with van der Waals surface area (Å²) < 4.78 is 5.40. The quantitative estimate of drug-likeness (QED) is 0.616. The van der Waals surface area contributed by atoms with Crippen LogP contribution in [0.3, 0.4) is 0 Å². The fourth-order valence-electron chi connectivity index (χ4n) is 1.13. The predicted molar refractivity (Wildman–Crippen MR) is 47.0 cm³/mol. The molecule has 1 rings (SSSR count). The first-order valence-corrected chi connectivity index (χ1v) is 5.22. The van der Waals surface area contributed by atoms with Crippen LogP contribution in [0.25, 0.3) is 0 Å². The van der Waals surface area contributed by atoms with Crippen LogP contribution in [0.1, 0.15) is 13.3 Å². The van der Waals surface area contributed by atoms with Crippen LogP contribution in [0.5, 0.6) is 0 Å². The van der Waals surface area contributed by atoms with Crippen molar-refractivity contribution in [3.63, 3.8) is 0 Å². The summed E-state index contributed by atoms with van der Waals surface area (Å²) >= 11 is 7.50. The average Bonchev–Trinajstić information content (AvgIpc) is 2.31. The first-order chi connectivity index (χ1) is 4.84. The van der Waals surface area contributed by atoms with Crippen molar-refractivity contribution in [3.05, 3.63) is 0 Å². The van der Waals surface area contributed by atoms with Gasteiger partial charge in [-0.2, -0.15) is 11.8 Å². The highest BCUT2D eigenvalue weighted by atomic mass is 35.5. The van der Waals surface area contributed by atoms with Gasteiger partial charge in [-0.1, -0.05) is 0 Å². The predicted octanol–water partition coefficient (Wildman–Crippen LogP) is 2.14. The Labute approximate surface area is 71.5 Å². The van der Waals surface area contributed by atoms with E-state index in [0.29, 0.717) is 11.4 Å². The van der Waals surface area contributed by atoms with E-state index in [1.54, 1.807) is 0 Å². The van der Waals surface area contributed by atoms with Crippen molar-refractivity contribution in [2.24, 2.45) is 0 Å². The molecule has 1 saturated heterocycles. The number of halogens is 1. The van der Waals surface area contributed by atoms with Crippen LogP contribution in [-0.4, -0.2) is 29.6 Å². The van der Waals surface area contributed by atoms with Gasteiger partial charge in [0.2, 0.25) is 0 Å². The Bertz CT molecular complexity index is 99.6. The standard InChI is InChI=1S/C7H13ClOS/c1-6-7(2-4-9-6)10-5-3-8/h6-7H,2-5H2,1H3. The molecule has 1 heterocycles. The summed E-state index contributed by atoms with van der Waals surface area (Å²) in [6.45, 7) is 3.07. The van der Waals surface area contributed by atoms with Crippen molar-refractivity contribution >= 4 is 23.4 Å². The third-order valence-electron chi connectivity index (χ3n) is 1.72. The number of hydrogen-bond acceptors (Lipinski definition) is 2. The molecule has 60 valence electrons. The van der Waals surface area contributed by atoms with E-state index in [4.69, 9.17) is 16.3 Å². The molecule has 0 radical (unpaired) electrons. The third-order valence-corrected chi connectivity index (χ3v) is 3.62. The molecule has 2 atom stereocenters. The Morgan fingerprint density at radius 3 is 3.00 bits per heavy atom. The summed E-state index contributed by atoms with van der Waals surface area (Å²) in [6, 6.07) is 0. The van der Waals surface area contributed by atoms with Crippen molar-refractivity contribution in [3.8, 4) is 0 Å². The number of thioether (sulfide) groups is 1. The van der Waals surface area contributed by atoms with Gasteiger partial charge >= 0.3 is 0 Å². The van der Waals surface area contributed by atoms with Crippen molar-refractivity contribution < 1.29 is 4.74 Å². The van der Waals surface area contributed by atoms with E-state index in [1.807, 2.05) is 11.8 Å². The molecule has 10 heavy (non-hydrogen) atoms. The van der Waals surface area contributed by atoms with Crippen LogP contribution < -0.4 is 0 Å². The number of rotatable bonds is 3. The molecule has 0 aliphatic carbocycles. The van der Waals surface area contributed by atoms with E-state index in [-0.39, 0.29) is 0 Å². The van der Waals surface area contributed by atoms with E-state index >= 15 is 0 Å². The molecule has 0 bridgehead atoms. The molecule has 0 aromatic rings. The van der Waals surface area contributed by atoms with Gasteiger partial charge in [0.05, 0.1) is 6.10 Å². The van der Waals surface area contributed by atoms with Crippen LogP contribution in [0.2, 0.25) is 0 Å². The molecule has 3 heteroatoms. The topological polar surface area (TPSA) is 9.23 Å². The zero-order valence-corrected chi connectivity index (χ0v) is 7.75. The van der Waals surface area contributed by atoms with Gasteiger partial charge in [0.25, 0.3) is 0 Å². The summed E-state index contributed by atoms with van der Waals surface area (Å²) in [7, 11) is 0. The van der Waals surface area contributed by atoms with Gasteiger partial charge < -0.3 is 4.74 Å². The second-order valence-electron chi connectivity index (χ2n) is 2.46. The molecule has 1 aliphatic heterocycles. The molecular formula is C7H13ClOS. The molecule has 1 nitrogen and oxygen atoms in total. The minimum absolute atomic E-state index is 0.438. The second kappa shape index (κ2) is 4.47. The Morgan fingerprint density at radius 2 is 2.50 bits per heavy atom. The molecule has 0 amide bonds. The average molecular weight is 181 g/mol. The Balaban J connectivity index is 2.14. The lowest BCUT2D eigenvalue weighted by Crippen LogP contribution is -2.13. The molecular weight excluding hydrogens is 168 g/mol. The van der Waals surface area contributed by atoms with E-state index < -0.39 is 0 Å². The van der Waals surface area contributed by atoms with Gasteiger partial charge in [0.1, 0.15) is 0 Å². The third kappa shape index (κ3) is 2.33. The minimum atomic E-state index is 0.438. The molecule has 0 saturated carbocycles. The Hall–Kier alpha value is 0.600. The van der Waals surface area contributed by atoms with E-state index in [9.17, 15) is 0 Å². The monoisotopic (exact) mass is 180 g/mol. The first-order valence-electron chi connectivity index (χ1n) is 3.63. The largest absolute Gasteiger partial charge is 0.377 e. The molecule has 1 aliphatic rings. The normalized spacial score (nSPS) is 33.0. The van der Waals surface area contributed by atoms with Gasteiger partial charge in [-0.05, 0) is 13.3 Å². The molecule has 1 fully saturated rings. The van der Waals surface area contributed by atoms with Gasteiger partial charge in [0.15, 0.2) is 0 Å².